The van der Waals surface area contributed by atoms with Crippen LogP contribution in [0.25, 0.3) is 10.8 Å². The highest BCUT2D eigenvalue weighted by Gasteiger charge is 2.31. The Bertz CT molecular complexity index is 827. The molecule has 3 rings (SSSR count). The lowest BCUT2D eigenvalue weighted by Gasteiger charge is -2.10. The number of carbonyl (C=O) groups excluding carboxylic acids is 2. The summed E-state index contributed by atoms with van der Waals surface area (Å²) in [6.07, 6.45) is 1.76. The first-order valence-corrected chi connectivity index (χ1v) is 8.46. The molecule has 6 heteroatoms. The molecule has 2 N–H and O–H groups in total. The van der Waals surface area contributed by atoms with E-state index in [0.717, 1.165) is 16.5 Å². The average Bonchev–Trinajstić information content (AvgIpc) is 2.93. The molecule has 5 nitrogen and oxygen atoms in total. The molecule has 2 amide bonds. The number of amidine groups is 1. The van der Waals surface area contributed by atoms with Crippen LogP contribution in [0, 0.1) is 0 Å². The molecule has 1 atom stereocenters. The maximum absolute atomic E-state index is 12.3. The molecule has 1 aliphatic rings. The monoisotopic (exact) mass is 339 g/mol. The molecule has 0 bridgehead atoms. The van der Waals surface area contributed by atoms with Crippen molar-refractivity contribution in [2.24, 2.45) is 4.99 Å². The van der Waals surface area contributed by atoms with Crippen molar-refractivity contribution in [2.45, 2.75) is 11.7 Å². The summed E-state index contributed by atoms with van der Waals surface area (Å²) < 4.78 is 0. The van der Waals surface area contributed by atoms with E-state index >= 15 is 0 Å². The van der Waals surface area contributed by atoms with E-state index < -0.39 is 5.25 Å². The lowest BCUT2D eigenvalue weighted by Crippen LogP contribution is -2.28. The normalized spacial score (nSPS) is 18.6. The second-order valence-corrected chi connectivity index (χ2v) is 6.50. The molecule has 0 saturated carbocycles. The molecule has 0 radical (unpaired) electrons. The summed E-state index contributed by atoms with van der Waals surface area (Å²) in [7, 11) is 0. The molecule has 1 fully saturated rings. The van der Waals surface area contributed by atoms with Crippen LogP contribution in [-0.2, 0) is 9.59 Å². The summed E-state index contributed by atoms with van der Waals surface area (Å²) in [6, 6.07) is 13.6. The molecule has 24 heavy (non-hydrogen) atoms. The van der Waals surface area contributed by atoms with Crippen molar-refractivity contribution in [3.8, 4) is 0 Å². The maximum Gasteiger partial charge on any atom is 0.240 e. The van der Waals surface area contributed by atoms with Gasteiger partial charge >= 0.3 is 0 Å². The van der Waals surface area contributed by atoms with Crippen LogP contribution in [0.3, 0.4) is 0 Å². The Labute approximate surface area is 144 Å². The number of thioether (sulfide) groups is 1. The van der Waals surface area contributed by atoms with Crippen LogP contribution >= 0.6 is 11.8 Å². The van der Waals surface area contributed by atoms with Crippen molar-refractivity contribution in [2.75, 3.05) is 11.9 Å². The number of nitrogens with one attached hydrogen (secondary N) is 2. The van der Waals surface area contributed by atoms with Crippen molar-refractivity contribution < 1.29 is 9.59 Å². The van der Waals surface area contributed by atoms with Gasteiger partial charge in [-0.15, -0.1) is 6.58 Å². The first-order valence-electron chi connectivity index (χ1n) is 7.58. The van der Waals surface area contributed by atoms with Gasteiger partial charge in [0.1, 0.15) is 5.25 Å². The zero-order valence-corrected chi connectivity index (χ0v) is 13.8. The minimum atomic E-state index is -0.455. The Hall–Kier alpha value is -2.60. The number of rotatable bonds is 5. The van der Waals surface area contributed by atoms with Crippen LogP contribution in [-0.4, -0.2) is 28.8 Å². The fourth-order valence-electron chi connectivity index (χ4n) is 2.47. The number of benzene rings is 2. The predicted molar refractivity (Wildman–Crippen MR) is 99.2 cm³/mol. The summed E-state index contributed by atoms with van der Waals surface area (Å²) in [5.41, 5.74) is 0.752. The molecule has 122 valence electrons. The number of nitrogens with zero attached hydrogens (tertiary/aromatic N) is 1. The van der Waals surface area contributed by atoms with Gasteiger partial charge in [-0.2, -0.15) is 0 Å². The van der Waals surface area contributed by atoms with E-state index in [1.54, 1.807) is 6.08 Å². The Kier molecular flexibility index (Phi) is 4.96. The number of carbonyl (C=O) groups is 2. The van der Waals surface area contributed by atoms with E-state index in [4.69, 9.17) is 0 Å². The Morgan fingerprint density at radius 3 is 2.92 bits per heavy atom. The summed E-state index contributed by atoms with van der Waals surface area (Å²) in [6.45, 7) is 4.03. The van der Waals surface area contributed by atoms with Gasteiger partial charge in [-0.25, -0.2) is 0 Å². The van der Waals surface area contributed by atoms with Gasteiger partial charge in [0.2, 0.25) is 11.8 Å². The Balaban J connectivity index is 1.67. The van der Waals surface area contributed by atoms with Gasteiger partial charge in [-0.1, -0.05) is 54.2 Å². The summed E-state index contributed by atoms with van der Waals surface area (Å²) in [5, 5.41) is 7.71. The fourth-order valence-corrected chi connectivity index (χ4v) is 3.45. The van der Waals surface area contributed by atoms with Crippen molar-refractivity contribution in [3.63, 3.8) is 0 Å². The van der Waals surface area contributed by atoms with E-state index in [-0.39, 0.29) is 18.2 Å². The van der Waals surface area contributed by atoms with Gasteiger partial charge in [-0.3, -0.25) is 14.6 Å². The third-order valence-electron chi connectivity index (χ3n) is 3.57. The molecular weight excluding hydrogens is 322 g/mol. The van der Waals surface area contributed by atoms with Crippen LogP contribution in [0.5, 0.6) is 0 Å². The van der Waals surface area contributed by atoms with Crippen LogP contribution in [0.15, 0.2) is 60.1 Å². The smallest absolute Gasteiger partial charge is 0.240 e. The van der Waals surface area contributed by atoms with Crippen molar-refractivity contribution in [1.82, 2.24) is 5.32 Å². The highest BCUT2D eigenvalue weighted by Crippen LogP contribution is 2.25. The molecule has 1 aliphatic heterocycles. The second-order valence-electron chi connectivity index (χ2n) is 5.31. The van der Waals surface area contributed by atoms with Gasteiger partial charge in [0.25, 0.3) is 0 Å². The first-order chi connectivity index (χ1) is 11.7. The van der Waals surface area contributed by atoms with Crippen LogP contribution < -0.4 is 10.6 Å². The van der Waals surface area contributed by atoms with Crippen molar-refractivity contribution in [3.05, 3.63) is 55.1 Å². The van der Waals surface area contributed by atoms with Gasteiger partial charge in [0.05, 0.1) is 6.54 Å². The molecule has 1 saturated heterocycles. The van der Waals surface area contributed by atoms with Gasteiger partial charge in [0, 0.05) is 17.5 Å². The maximum atomic E-state index is 12.3. The molecule has 0 unspecified atom stereocenters. The third-order valence-corrected chi connectivity index (χ3v) is 4.69. The van der Waals surface area contributed by atoms with Crippen LogP contribution in [0.2, 0.25) is 0 Å². The SMILES string of the molecule is C=CCN=C1NC(=O)[C@@H](CC(=O)Nc2cccc3ccccc23)S1. The minimum absolute atomic E-state index is 0.104. The number of hydrogen-bond donors (Lipinski definition) is 2. The van der Waals surface area contributed by atoms with E-state index in [1.807, 2.05) is 42.5 Å². The van der Waals surface area contributed by atoms with Crippen molar-refractivity contribution >= 4 is 45.2 Å². The molecular formula is C18H17N3O2S. The number of anilines is 1. The molecule has 0 aromatic heterocycles. The number of fused-ring (bicyclic) bond motifs is 1. The quantitative estimate of drug-likeness (QED) is 0.823. The number of aliphatic imine (C=N–C) groups is 1. The first kappa shape index (κ1) is 16.3. The molecule has 2 aromatic carbocycles. The predicted octanol–water partition coefficient (Wildman–Crippen LogP) is 2.94. The van der Waals surface area contributed by atoms with Crippen molar-refractivity contribution in [1.29, 1.82) is 0 Å². The lowest BCUT2D eigenvalue weighted by atomic mass is 10.1. The third kappa shape index (κ3) is 3.65. The zero-order valence-electron chi connectivity index (χ0n) is 13.0. The fraction of sp³-hybridized carbons (Fsp3) is 0.167. The molecule has 0 aliphatic carbocycles. The highest BCUT2D eigenvalue weighted by atomic mass is 32.2. The largest absolute Gasteiger partial charge is 0.325 e. The number of hydrogen-bond acceptors (Lipinski definition) is 4. The van der Waals surface area contributed by atoms with Crippen LogP contribution in [0.1, 0.15) is 6.42 Å². The Morgan fingerprint density at radius 2 is 2.08 bits per heavy atom. The van der Waals surface area contributed by atoms with Crippen LogP contribution in [0.4, 0.5) is 5.69 Å². The summed E-state index contributed by atoms with van der Waals surface area (Å²) in [4.78, 5) is 28.4. The van der Waals surface area contributed by atoms with Gasteiger partial charge < -0.3 is 10.6 Å². The number of amides is 2. The van der Waals surface area contributed by atoms with E-state index in [1.165, 1.54) is 11.8 Å². The average molecular weight is 339 g/mol. The standard InChI is InChI=1S/C18H17N3O2S/c1-2-10-19-18-21-17(23)15(24-18)11-16(22)20-14-9-5-7-12-6-3-4-8-13(12)14/h2-9,15H,1,10-11H2,(H,20,22)(H,19,21,23)/t15-/m1/s1. The Morgan fingerprint density at radius 1 is 1.29 bits per heavy atom. The summed E-state index contributed by atoms with van der Waals surface area (Å²) in [5.74, 6) is -0.375. The topological polar surface area (TPSA) is 70.6 Å². The molecule has 2 aromatic rings. The molecule has 1 heterocycles. The van der Waals surface area contributed by atoms with E-state index in [0.29, 0.717) is 11.7 Å². The summed E-state index contributed by atoms with van der Waals surface area (Å²) >= 11 is 1.28. The molecule has 0 spiro atoms. The highest BCUT2D eigenvalue weighted by molar-refractivity contribution is 8.15. The van der Waals surface area contributed by atoms with Gasteiger partial charge in [-0.05, 0) is 11.5 Å². The lowest BCUT2D eigenvalue weighted by molar-refractivity contribution is -0.122. The van der Waals surface area contributed by atoms with E-state index in [2.05, 4.69) is 22.2 Å². The minimum Gasteiger partial charge on any atom is -0.325 e. The zero-order chi connectivity index (χ0) is 16.9. The second kappa shape index (κ2) is 7.31. The van der Waals surface area contributed by atoms with E-state index in [9.17, 15) is 9.59 Å². The van der Waals surface area contributed by atoms with Gasteiger partial charge in [0.15, 0.2) is 5.17 Å².